The summed E-state index contributed by atoms with van der Waals surface area (Å²) in [5.74, 6) is -0.922. The maximum atomic E-state index is 14.2. The summed E-state index contributed by atoms with van der Waals surface area (Å²) in [6.45, 7) is 0.208. The Morgan fingerprint density at radius 1 is 1.00 bits per heavy atom. The van der Waals surface area contributed by atoms with Gasteiger partial charge < -0.3 is 10.2 Å². The molecule has 0 aromatic heterocycles. The molecule has 37 heavy (non-hydrogen) atoms. The number of fused-ring (bicyclic) bond motifs is 2. The van der Waals surface area contributed by atoms with Gasteiger partial charge in [-0.25, -0.2) is 17.9 Å². The Balaban J connectivity index is 1.43. The first-order chi connectivity index (χ1) is 17.7. The molecule has 1 amide bonds. The Morgan fingerprint density at radius 2 is 1.73 bits per heavy atom. The van der Waals surface area contributed by atoms with E-state index in [0.717, 1.165) is 16.3 Å². The average Bonchev–Trinajstić information content (AvgIpc) is 3.12. The van der Waals surface area contributed by atoms with E-state index in [9.17, 15) is 17.6 Å². The lowest BCUT2D eigenvalue weighted by Gasteiger charge is -2.18. The van der Waals surface area contributed by atoms with Gasteiger partial charge in [0, 0.05) is 5.56 Å². The third-order valence-corrected chi connectivity index (χ3v) is 7.04. The zero-order valence-corrected chi connectivity index (χ0v) is 20.8. The number of hydrazone groups is 1. The number of nitrogens with one attached hydrogen (secondary N) is 2. The van der Waals surface area contributed by atoms with Crippen molar-refractivity contribution in [2.45, 2.75) is 11.4 Å². The fraction of sp³-hybridized carbons (Fsp3) is 0.0385. The van der Waals surface area contributed by atoms with Crippen LogP contribution in [-0.4, -0.2) is 25.1 Å². The quantitative estimate of drug-likeness (QED) is 0.265. The second-order valence-electron chi connectivity index (χ2n) is 8.26. The number of amides is 1. The number of nitrogens with two attached hydrogens (primary N) is 1. The first-order valence-corrected chi connectivity index (χ1v) is 13.0. The first kappa shape index (κ1) is 24.5. The van der Waals surface area contributed by atoms with Crippen molar-refractivity contribution in [1.82, 2.24) is 5.43 Å². The van der Waals surface area contributed by atoms with Gasteiger partial charge in [0.2, 0.25) is 10.0 Å². The zero-order chi connectivity index (χ0) is 26.2. The molecule has 5 rings (SSSR count). The smallest absolute Gasteiger partial charge is 0.279 e. The summed E-state index contributed by atoms with van der Waals surface area (Å²) in [7, 11) is -4.00. The number of primary sulfonamides is 1. The highest BCUT2D eigenvalue weighted by atomic mass is 32.2. The van der Waals surface area contributed by atoms with Crippen molar-refractivity contribution in [2.75, 3.05) is 10.2 Å². The highest BCUT2D eigenvalue weighted by Gasteiger charge is 2.35. The van der Waals surface area contributed by atoms with Crippen molar-refractivity contribution in [3.63, 3.8) is 0 Å². The fourth-order valence-corrected chi connectivity index (χ4v) is 5.07. The number of para-hydroxylation sites is 1. The van der Waals surface area contributed by atoms with Crippen molar-refractivity contribution in [2.24, 2.45) is 10.2 Å². The number of carbonyl (C=O) groups is 1. The van der Waals surface area contributed by atoms with Gasteiger partial charge in [-0.3, -0.25) is 10.2 Å². The number of hydrogen-bond acceptors (Lipinski definition) is 5. The third kappa shape index (κ3) is 4.92. The van der Waals surface area contributed by atoms with E-state index in [4.69, 9.17) is 17.4 Å². The van der Waals surface area contributed by atoms with Crippen LogP contribution < -0.4 is 20.8 Å². The van der Waals surface area contributed by atoms with Crippen molar-refractivity contribution >= 4 is 61.1 Å². The molecule has 8 nitrogen and oxygen atoms in total. The summed E-state index contributed by atoms with van der Waals surface area (Å²) in [4.78, 5) is 14.8. The molecule has 0 bridgehead atoms. The molecule has 0 radical (unpaired) electrons. The van der Waals surface area contributed by atoms with Crippen LogP contribution in [0.5, 0.6) is 0 Å². The van der Waals surface area contributed by atoms with Crippen LogP contribution in [0.2, 0.25) is 0 Å². The lowest BCUT2D eigenvalue weighted by molar-refractivity contribution is -0.112. The Hall–Kier alpha value is -4.19. The molecule has 1 aliphatic rings. The Kier molecular flexibility index (Phi) is 6.42. The molecule has 186 valence electrons. The van der Waals surface area contributed by atoms with E-state index < -0.39 is 21.7 Å². The number of thiocarbonyl (C=S) groups is 1. The summed E-state index contributed by atoms with van der Waals surface area (Å²) in [5.41, 5.74) is 4.50. The average molecular weight is 534 g/mol. The summed E-state index contributed by atoms with van der Waals surface area (Å²) in [6, 6.07) is 23.6. The predicted octanol–water partition coefficient (Wildman–Crippen LogP) is 3.86. The number of carbonyl (C=O) groups excluding carboxylic acids is 1. The van der Waals surface area contributed by atoms with Crippen LogP contribution in [0.4, 0.5) is 15.8 Å². The molecular weight excluding hydrogens is 513 g/mol. The molecule has 0 saturated carbocycles. The first-order valence-electron chi connectivity index (χ1n) is 11.1. The Labute approximate surface area is 217 Å². The molecule has 1 heterocycles. The van der Waals surface area contributed by atoms with Crippen LogP contribution in [0.1, 0.15) is 11.1 Å². The number of nitrogens with zero attached hydrogens (tertiary/aromatic N) is 2. The van der Waals surface area contributed by atoms with Gasteiger partial charge in [-0.2, -0.15) is 5.10 Å². The van der Waals surface area contributed by atoms with E-state index in [1.54, 1.807) is 6.07 Å². The normalized spacial score (nSPS) is 14.2. The van der Waals surface area contributed by atoms with E-state index in [2.05, 4.69) is 15.8 Å². The Morgan fingerprint density at radius 3 is 2.54 bits per heavy atom. The molecule has 0 fully saturated rings. The van der Waals surface area contributed by atoms with E-state index in [1.165, 1.54) is 41.3 Å². The number of anilines is 2. The topological polar surface area (TPSA) is 117 Å². The monoisotopic (exact) mass is 533 g/mol. The van der Waals surface area contributed by atoms with Gasteiger partial charge >= 0.3 is 0 Å². The van der Waals surface area contributed by atoms with Gasteiger partial charge in [0.25, 0.3) is 5.91 Å². The molecule has 1 aliphatic heterocycles. The van der Waals surface area contributed by atoms with E-state index in [0.29, 0.717) is 11.3 Å². The zero-order valence-electron chi connectivity index (χ0n) is 19.2. The molecule has 0 spiro atoms. The van der Waals surface area contributed by atoms with Gasteiger partial charge in [-0.15, -0.1) is 0 Å². The van der Waals surface area contributed by atoms with Crippen LogP contribution >= 0.6 is 12.2 Å². The molecule has 4 aromatic carbocycles. The van der Waals surface area contributed by atoms with Crippen molar-refractivity contribution < 1.29 is 17.6 Å². The van der Waals surface area contributed by atoms with Crippen LogP contribution in [-0.2, 0) is 21.4 Å². The van der Waals surface area contributed by atoms with E-state index in [-0.39, 0.29) is 28.0 Å². The lowest BCUT2D eigenvalue weighted by atomic mass is 10.0. The maximum absolute atomic E-state index is 14.2. The number of hydrogen-bond donors (Lipinski definition) is 3. The third-order valence-electron chi connectivity index (χ3n) is 5.87. The largest absolute Gasteiger partial charge is 0.330 e. The van der Waals surface area contributed by atoms with Gasteiger partial charge in [-0.1, -0.05) is 54.6 Å². The van der Waals surface area contributed by atoms with Gasteiger partial charge in [0.1, 0.15) is 10.7 Å². The second-order valence-corrected chi connectivity index (χ2v) is 10.2. The number of benzene rings is 4. The molecule has 0 aliphatic carbocycles. The lowest BCUT2D eigenvalue weighted by Crippen LogP contribution is -2.32. The highest BCUT2D eigenvalue weighted by molar-refractivity contribution is 7.89. The molecule has 0 saturated heterocycles. The SMILES string of the molecule is NS(=O)(=O)c1ccccc1NC(=S)NN=C1C(=O)N(Cc2cccc3ccccc23)c2cc(F)ccc21. The Bertz CT molecular complexity index is 1700. The van der Waals surface area contributed by atoms with Gasteiger partial charge in [0.05, 0.1) is 17.9 Å². The summed E-state index contributed by atoms with van der Waals surface area (Å²) in [6.07, 6.45) is 0. The van der Waals surface area contributed by atoms with Crippen molar-refractivity contribution in [3.05, 3.63) is 102 Å². The molecule has 4 aromatic rings. The van der Waals surface area contributed by atoms with Crippen LogP contribution in [0, 0.1) is 5.82 Å². The molecule has 11 heteroatoms. The molecule has 0 unspecified atom stereocenters. The van der Waals surface area contributed by atoms with Crippen LogP contribution in [0.15, 0.2) is 94.9 Å². The summed E-state index contributed by atoms with van der Waals surface area (Å²) < 4.78 is 37.9. The van der Waals surface area contributed by atoms with Crippen molar-refractivity contribution in [3.8, 4) is 0 Å². The second kappa shape index (κ2) is 9.69. The predicted molar refractivity (Wildman–Crippen MR) is 145 cm³/mol. The minimum Gasteiger partial charge on any atom is -0.330 e. The van der Waals surface area contributed by atoms with E-state index >= 15 is 0 Å². The maximum Gasteiger partial charge on any atom is 0.279 e. The van der Waals surface area contributed by atoms with E-state index in [1.807, 2.05) is 42.5 Å². The standard InChI is InChI=1S/C26H20FN5O3S2/c27-18-12-13-20-22(14-18)32(15-17-8-5-7-16-6-1-2-9-19(16)17)25(33)24(20)30-31-26(36)29-21-10-3-4-11-23(21)37(28,34)35/h1-14H,15H2,(H2,28,34,35)(H2,29,31,36). The molecule has 0 atom stereocenters. The molecular formula is C26H20FN5O3S2. The number of rotatable bonds is 5. The highest BCUT2D eigenvalue weighted by Crippen LogP contribution is 2.33. The minimum atomic E-state index is -4.00. The van der Waals surface area contributed by atoms with Crippen LogP contribution in [0.3, 0.4) is 0 Å². The van der Waals surface area contributed by atoms with Gasteiger partial charge in [0.15, 0.2) is 10.8 Å². The van der Waals surface area contributed by atoms with Crippen LogP contribution in [0.25, 0.3) is 10.8 Å². The number of halogens is 1. The fourth-order valence-electron chi connectivity index (χ4n) is 4.22. The van der Waals surface area contributed by atoms with Gasteiger partial charge in [-0.05, 0) is 58.9 Å². The summed E-state index contributed by atoms with van der Waals surface area (Å²) in [5, 5.41) is 14.1. The minimum absolute atomic E-state index is 0.0409. The molecule has 4 N–H and O–H groups in total. The number of sulfonamides is 1. The van der Waals surface area contributed by atoms with Crippen molar-refractivity contribution in [1.29, 1.82) is 0 Å². The summed E-state index contributed by atoms with van der Waals surface area (Å²) >= 11 is 5.25.